The van der Waals surface area contributed by atoms with Gasteiger partial charge in [-0.05, 0) is 29.8 Å². The van der Waals surface area contributed by atoms with Crippen molar-refractivity contribution in [2.75, 3.05) is 0 Å². The molecule has 0 aliphatic carbocycles. The monoisotopic (exact) mass is 286 g/mol. The summed E-state index contributed by atoms with van der Waals surface area (Å²) in [5, 5.41) is 0. The molecular weight excluding hydrogens is 271 g/mol. The van der Waals surface area contributed by atoms with Crippen molar-refractivity contribution in [2.45, 2.75) is 6.61 Å². The summed E-state index contributed by atoms with van der Waals surface area (Å²) in [7, 11) is 0. The zero-order valence-corrected chi connectivity index (χ0v) is 11.3. The summed E-state index contributed by atoms with van der Waals surface area (Å²) >= 11 is 0. The number of nitrogens with two attached hydrogens (primary N) is 1. The lowest BCUT2D eigenvalue weighted by Crippen LogP contribution is -2.27. The van der Waals surface area contributed by atoms with Gasteiger partial charge in [-0.3, -0.25) is 10.2 Å². The van der Waals surface area contributed by atoms with Crippen LogP contribution >= 0.6 is 0 Å². The smallest absolute Gasteiger partial charge is 0.257 e. The maximum atomic E-state index is 13.5. The lowest BCUT2D eigenvalue weighted by molar-refractivity contribution is -0.116. The van der Waals surface area contributed by atoms with Crippen molar-refractivity contribution in [3.05, 3.63) is 71.6 Å². The summed E-state index contributed by atoms with van der Waals surface area (Å²) in [6, 6.07) is 13.6. The van der Waals surface area contributed by atoms with Gasteiger partial charge in [0.15, 0.2) is 0 Å². The molecule has 3 N–H and O–H groups in total. The molecule has 2 aromatic rings. The Hall–Kier alpha value is -2.66. The van der Waals surface area contributed by atoms with Crippen molar-refractivity contribution < 1.29 is 13.9 Å². The molecule has 5 heteroatoms. The van der Waals surface area contributed by atoms with Crippen LogP contribution in [0.15, 0.2) is 54.6 Å². The van der Waals surface area contributed by atoms with Crippen LogP contribution in [0.3, 0.4) is 0 Å². The molecule has 4 nitrogen and oxygen atoms in total. The van der Waals surface area contributed by atoms with Gasteiger partial charge in [-0.15, -0.1) is 0 Å². The van der Waals surface area contributed by atoms with Crippen LogP contribution in [0.1, 0.15) is 11.1 Å². The molecule has 0 spiro atoms. The van der Waals surface area contributed by atoms with E-state index < -0.39 is 5.91 Å². The van der Waals surface area contributed by atoms with E-state index in [9.17, 15) is 9.18 Å². The first kappa shape index (κ1) is 14.7. The molecule has 2 aromatic carbocycles. The highest BCUT2D eigenvalue weighted by Crippen LogP contribution is 2.17. The number of ether oxygens (including phenoxy) is 1. The molecule has 0 bridgehead atoms. The van der Waals surface area contributed by atoms with Gasteiger partial charge in [0.2, 0.25) is 0 Å². The largest absolute Gasteiger partial charge is 0.489 e. The number of carbonyl (C=O) groups is 1. The first-order valence-electron chi connectivity index (χ1n) is 6.34. The predicted molar refractivity (Wildman–Crippen MR) is 78.5 cm³/mol. The number of halogens is 1. The molecule has 0 atom stereocenters. The molecule has 108 valence electrons. The van der Waals surface area contributed by atoms with Crippen LogP contribution in [0.2, 0.25) is 0 Å². The summed E-state index contributed by atoms with van der Waals surface area (Å²) in [6.07, 6.45) is 2.92. The second kappa shape index (κ2) is 7.21. The standard InChI is InChI=1S/C16H15FN2O2/c17-15-7-2-1-5-13(15)11-21-14-6-3-4-12(10-14)8-9-16(20)19-18/h1-10H,11,18H2,(H,19,20)/b9-8+. The van der Waals surface area contributed by atoms with E-state index in [2.05, 4.69) is 0 Å². The lowest BCUT2D eigenvalue weighted by Gasteiger charge is -2.07. The minimum Gasteiger partial charge on any atom is -0.489 e. The van der Waals surface area contributed by atoms with Crippen LogP contribution in [-0.4, -0.2) is 5.91 Å². The molecule has 0 unspecified atom stereocenters. The van der Waals surface area contributed by atoms with Crippen LogP contribution in [0.5, 0.6) is 5.75 Å². The van der Waals surface area contributed by atoms with Crippen molar-refractivity contribution in [2.24, 2.45) is 5.84 Å². The van der Waals surface area contributed by atoms with Crippen LogP contribution in [0, 0.1) is 5.82 Å². The average Bonchev–Trinajstić information content (AvgIpc) is 2.52. The zero-order valence-electron chi connectivity index (χ0n) is 11.3. The number of benzene rings is 2. The number of hydrazine groups is 1. The highest BCUT2D eigenvalue weighted by atomic mass is 19.1. The second-order valence-electron chi connectivity index (χ2n) is 4.29. The summed E-state index contributed by atoms with van der Waals surface area (Å²) in [6.45, 7) is 0.142. The van der Waals surface area contributed by atoms with Crippen molar-refractivity contribution in [1.29, 1.82) is 0 Å². The molecule has 1 amide bonds. The molecule has 0 aliphatic rings. The quantitative estimate of drug-likeness (QED) is 0.384. The summed E-state index contributed by atoms with van der Waals surface area (Å²) < 4.78 is 19.0. The fourth-order valence-electron chi connectivity index (χ4n) is 1.70. The molecule has 0 radical (unpaired) electrons. The van der Waals surface area contributed by atoms with E-state index in [1.54, 1.807) is 42.5 Å². The Kier molecular flexibility index (Phi) is 5.06. The Balaban J connectivity index is 2.03. The normalized spacial score (nSPS) is 10.6. The van der Waals surface area contributed by atoms with Gasteiger partial charge in [-0.25, -0.2) is 10.2 Å². The van der Waals surface area contributed by atoms with Crippen molar-refractivity contribution in [3.63, 3.8) is 0 Å². The number of nitrogens with one attached hydrogen (secondary N) is 1. The number of rotatable bonds is 5. The van der Waals surface area contributed by atoms with Gasteiger partial charge in [-0.2, -0.15) is 0 Å². The topological polar surface area (TPSA) is 64.3 Å². The predicted octanol–water partition coefficient (Wildman–Crippen LogP) is 2.41. The van der Waals surface area contributed by atoms with E-state index >= 15 is 0 Å². The minimum atomic E-state index is -0.396. The third-order valence-corrected chi connectivity index (χ3v) is 2.78. The molecule has 0 fully saturated rings. The molecule has 2 rings (SSSR count). The molecule has 0 saturated heterocycles. The van der Waals surface area contributed by atoms with Gasteiger partial charge in [0.05, 0.1) is 0 Å². The number of carbonyl (C=O) groups excluding carboxylic acids is 1. The van der Waals surface area contributed by atoms with Crippen LogP contribution in [-0.2, 0) is 11.4 Å². The Morgan fingerprint density at radius 1 is 1.24 bits per heavy atom. The van der Waals surface area contributed by atoms with Gasteiger partial charge in [0, 0.05) is 11.6 Å². The number of amides is 1. The van der Waals surface area contributed by atoms with Gasteiger partial charge < -0.3 is 4.74 Å². The molecule has 0 saturated carbocycles. The Labute approximate surface area is 122 Å². The lowest BCUT2D eigenvalue weighted by atomic mass is 10.2. The molecule has 0 aliphatic heterocycles. The Morgan fingerprint density at radius 3 is 2.81 bits per heavy atom. The summed E-state index contributed by atoms with van der Waals surface area (Å²) in [5.41, 5.74) is 3.27. The van der Waals surface area contributed by atoms with E-state index in [1.807, 2.05) is 11.5 Å². The van der Waals surface area contributed by atoms with Crippen LogP contribution in [0.4, 0.5) is 4.39 Å². The maximum absolute atomic E-state index is 13.5. The van der Waals surface area contributed by atoms with E-state index in [1.165, 1.54) is 12.1 Å². The molecular formula is C16H15FN2O2. The van der Waals surface area contributed by atoms with Gasteiger partial charge in [-0.1, -0.05) is 30.3 Å². The third-order valence-electron chi connectivity index (χ3n) is 2.78. The first-order valence-corrected chi connectivity index (χ1v) is 6.34. The van der Waals surface area contributed by atoms with Crippen molar-refractivity contribution in [3.8, 4) is 5.75 Å². The number of hydrogen-bond donors (Lipinski definition) is 2. The SMILES string of the molecule is NNC(=O)/C=C/c1cccc(OCc2ccccc2F)c1. The third kappa shape index (κ3) is 4.43. The number of hydrogen-bond acceptors (Lipinski definition) is 3. The van der Waals surface area contributed by atoms with Crippen LogP contribution < -0.4 is 16.0 Å². The second-order valence-corrected chi connectivity index (χ2v) is 4.29. The highest BCUT2D eigenvalue weighted by molar-refractivity contribution is 5.91. The van der Waals surface area contributed by atoms with E-state index in [-0.39, 0.29) is 12.4 Å². The molecule has 21 heavy (non-hydrogen) atoms. The fraction of sp³-hybridized carbons (Fsp3) is 0.0625. The Morgan fingerprint density at radius 2 is 2.05 bits per heavy atom. The van der Waals surface area contributed by atoms with E-state index in [0.29, 0.717) is 11.3 Å². The summed E-state index contributed by atoms with van der Waals surface area (Å²) in [5.74, 6) is 4.88. The van der Waals surface area contributed by atoms with Crippen molar-refractivity contribution >= 4 is 12.0 Å². The van der Waals surface area contributed by atoms with E-state index in [0.717, 1.165) is 5.56 Å². The average molecular weight is 286 g/mol. The maximum Gasteiger partial charge on any atom is 0.257 e. The molecule has 0 aromatic heterocycles. The minimum absolute atomic E-state index is 0.142. The van der Waals surface area contributed by atoms with Gasteiger partial charge in [0.25, 0.3) is 5.91 Å². The summed E-state index contributed by atoms with van der Waals surface area (Å²) in [4.78, 5) is 11.0. The zero-order chi connectivity index (χ0) is 15.1. The van der Waals surface area contributed by atoms with Gasteiger partial charge >= 0.3 is 0 Å². The van der Waals surface area contributed by atoms with Crippen LogP contribution in [0.25, 0.3) is 6.08 Å². The van der Waals surface area contributed by atoms with E-state index in [4.69, 9.17) is 10.6 Å². The van der Waals surface area contributed by atoms with Crippen molar-refractivity contribution in [1.82, 2.24) is 5.43 Å². The van der Waals surface area contributed by atoms with Gasteiger partial charge in [0.1, 0.15) is 18.2 Å². The molecule has 0 heterocycles. The highest BCUT2D eigenvalue weighted by Gasteiger charge is 2.02. The fourth-order valence-corrected chi connectivity index (χ4v) is 1.70. The Bertz CT molecular complexity index is 656. The first-order chi connectivity index (χ1) is 10.2.